The summed E-state index contributed by atoms with van der Waals surface area (Å²) in [5.74, 6) is 2.04. The minimum atomic E-state index is -0.463. The largest absolute Gasteiger partial charge is 0.465 e. The number of anilines is 1. The molecule has 0 saturated heterocycles. The Labute approximate surface area is 200 Å². The van der Waals surface area contributed by atoms with Crippen LogP contribution in [0.3, 0.4) is 0 Å². The van der Waals surface area contributed by atoms with E-state index in [1.165, 1.54) is 61.9 Å². The summed E-state index contributed by atoms with van der Waals surface area (Å²) in [5, 5.41) is 7.95. The SMILES string of the molecule is CCC(NC(=S)Nc1sc(C(=O)N(C)C)c(C)c1C(=O)OC)C12CC3CC(CC(C3)C1)C2. The predicted octanol–water partition coefficient (Wildman–Crippen LogP) is 4.83. The number of hydrogen-bond donors (Lipinski definition) is 2. The van der Waals surface area contributed by atoms with Crippen molar-refractivity contribution >= 4 is 45.5 Å². The normalized spacial score (nSPS) is 28.8. The third-order valence-corrected chi connectivity index (χ3v) is 9.32. The zero-order valence-electron chi connectivity index (χ0n) is 19.7. The van der Waals surface area contributed by atoms with E-state index in [0.717, 1.165) is 24.2 Å². The van der Waals surface area contributed by atoms with Crippen LogP contribution in [0.2, 0.25) is 0 Å². The number of hydrogen-bond acceptors (Lipinski definition) is 5. The van der Waals surface area contributed by atoms with Crippen LogP contribution in [0.4, 0.5) is 5.00 Å². The van der Waals surface area contributed by atoms with Gasteiger partial charge in [-0.25, -0.2) is 4.79 Å². The molecule has 1 atom stereocenters. The molecule has 1 aromatic heterocycles. The fourth-order valence-electron chi connectivity index (χ4n) is 6.95. The molecule has 0 radical (unpaired) electrons. The number of nitrogens with zero attached hydrogens (tertiary/aromatic N) is 1. The van der Waals surface area contributed by atoms with Crippen LogP contribution in [0.15, 0.2) is 0 Å². The van der Waals surface area contributed by atoms with Crippen molar-refractivity contribution in [3.05, 3.63) is 16.0 Å². The summed E-state index contributed by atoms with van der Waals surface area (Å²) >= 11 is 6.98. The molecular weight excluding hydrogens is 442 g/mol. The molecule has 0 aromatic carbocycles. The molecule has 4 aliphatic rings. The molecule has 4 fully saturated rings. The van der Waals surface area contributed by atoms with Gasteiger partial charge in [0.05, 0.1) is 17.6 Å². The molecule has 1 unspecified atom stereocenters. The van der Waals surface area contributed by atoms with Crippen LogP contribution in [0.25, 0.3) is 0 Å². The van der Waals surface area contributed by atoms with Crippen molar-refractivity contribution in [3.63, 3.8) is 0 Å². The third kappa shape index (κ3) is 4.16. The van der Waals surface area contributed by atoms with Crippen LogP contribution in [0.5, 0.6) is 0 Å². The molecule has 5 rings (SSSR count). The smallest absolute Gasteiger partial charge is 0.341 e. The highest BCUT2D eigenvalue weighted by Gasteiger charge is 2.53. The van der Waals surface area contributed by atoms with Gasteiger partial charge in [0.2, 0.25) is 0 Å². The van der Waals surface area contributed by atoms with E-state index < -0.39 is 5.97 Å². The number of esters is 1. The van der Waals surface area contributed by atoms with Gasteiger partial charge >= 0.3 is 5.97 Å². The van der Waals surface area contributed by atoms with Crippen LogP contribution >= 0.6 is 23.6 Å². The predicted molar refractivity (Wildman–Crippen MR) is 132 cm³/mol. The van der Waals surface area contributed by atoms with Gasteiger partial charge in [0.15, 0.2) is 5.11 Å². The molecule has 6 nitrogen and oxygen atoms in total. The van der Waals surface area contributed by atoms with Gasteiger partial charge in [0.25, 0.3) is 5.91 Å². The van der Waals surface area contributed by atoms with E-state index in [2.05, 4.69) is 17.6 Å². The molecule has 1 aromatic rings. The summed E-state index contributed by atoms with van der Waals surface area (Å²) in [6.07, 6.45) is 9.18. The number of amides is 1. The monoisotopic (exact) mass is 477 g/mol. The second kappa shape index (κ2) is 8.93. The lowest BCUT2D eigenvalue weighted by atomic mass is 9.47. The van der Waals surface area contributed by atoms with Gasteiger partial charge in [-0.05, 0) is 92.8 Å². The Kier molecular flexibility index (Phi) is 6.56. The van der Waals surface area contributed by atoms with Gasteiger partial charge in [-0.15, -0.1) is 11.3 Å². The highest BCUT2D eigenvalue weighted by molar-refractivity contribution is 7.80. The van der Waals surface area contributed by atoms with Crippen LogP contribution < -0.4 is 10.6 Å². The second-order valence-corrected chi connectivity index (χ2v) is 11.7. The van der Waals surface area contributed by atoms with Gasteiger partial charge in [-0.3, -0.25) is 4.79 Å². The van der Waals surface area contributed by atoms with Gasteiger partial charge in [-0.1, -0.05) is 6.92 Å². The number of carbonyl (C=O) groups excluding carboxylic acids is 2. The molecule has 4 bridgehead atoms. The van der Waals surface area contributed by atoms with Crippen molar-refractivity contribution in [2.75, 3.05) is 26.5 Å². The van der Waals surface area contributed by atoms with Gasteiger partial charge < -0.3 is 20.3 Å². The number of carbonyl (C=O) groups is 2. The van der Waals surface area contributed by atoms with Gasteiger partial charge in [0.1, 0.15) is 5.00 Å². The average Bonchev–Trinajstić information content (AvgIpc) is 3.05. The Hall–Kier alpha value is -1.67. The first-order valence-electron chi connectivity index (χ1n) is 11.7. The Morgan fingerprint density at radius 3 is 2.22 bits per heavy atom. The molecule has 4 aliphatic carbocycles. The molecule has 32 heavy (non-hydrogen) atoms. The van der Waals surface area contributed by atoms with E-state index in [1.807, 2.05) is 0 Å². The van der Waals surface area contributed by atoms with Gasteiger partial charge in [-0.2, -0.15) is 0 Å². The lowest BCUT2D eigenvalue weighted by molar-refractivity contribution is -0.0710. The fourth-order valence-corrected chi connectivity index (χ4v) is 8.48. The molecule has 0 aliphatic heterocycles. The molecule has 8 heteroatoms. The number of thiophene rings is 1. The van der Waals surface area contributed by atoms with Crippen LogP contribution in [-0.2, 0) is 4.74 Å². The summed E-state index contributed by atoms with van der Waals surface area (Å²) in [4.78, 5) is 27.2. The Balaban J connectivity index is 1.54. The first-order valence-corrected chi connectivity index (χ1v) is 12.9. The standard InChI is InChI=1S/C24H35N3O3S2/c1-6-17(24-10-14-7-15(11-24)9-16(8-14)12-24)25-23(31)26-20-18(22(29)30-5)13(2)19(32-20)21(28)27(3)4/h14-17H,6-12H2,1-5H3,(H2,25,26,31). The molecule has 4 saturated carbocycles. The lowest BCUT2D eigenvalue weighted by Crippen LogP contribution is -2.57. The maximum absolute atomic E-state index is 12.6. The molecule has 0 spiro atoms. The zero-order valence-corrected chi connectivity index (χ0v) is 21.4. The molecular formula is C24H35N3O3S2. The van der Waals surface area contributed by atoms with Crippen LogP contribution in [-0.4, -0.2) is 49.1 Å². The number of methoxy groups -OCH3 is 1. The van der Waals surface area contributed by atoms with E-state index in [1.54, 1.807) is 21.0 Å². The molecule has 1 amide bonds. The number of thiocarbonyl (C=S) groups is 1. The third-order valence-electron chi connectivity index (χ3n) is 7.90. The minimum Gasteiger partial charge on any atom is -0.465 e. The molecule has 2 N–H and O–H groups in total. The second-order valence-electron chi connectivity index (χ2n) is 10.3. The maximum atomic E-state index is 12.6. The fraction of sp³-hybridized carbons (Fsp3) is 0.708. The van der Waals surface area contributed by atoms with E-state index in [-0.39, 0.29) is 5.91 Å². The summed E-state index contributed by atoms with van der Waals surface area (Å²) in [6.45, 7) is 4.02. The van der Waals surface area contributed by atoms with Crippen LogP contribution in [0, 0.1) is 30.1 Å². The highest BCUT2D eigenvalue weighted by Crippen LogP contribution is 2.61. The Bertz CT molecular complexity index is 889. The zero-order chi connectivity index (χ0) is 23.2. The number of nitrogens with one attached hydrogen (secondary N) is 2. The quantitative estimate of drug-likeness (QED) is 0.452. The first kappa shape index (κ1) is 23.5. The van der Waals surface area contributed by atoms with E-state index in [0.29, 0.717) is 37.6 Å². The topological polar surface area (TPSA) is 70.7 Å². The van der Waals surface area contributed by atoms with Crippen molar-refractivity contribution in [1.29, 1.82) is 0 Å². The van der Waals surface area contributed by atoms with Crippen molar-refractivity contribution < 1.29 is 14.3 Å². The minimum absolute atomic E-state index is 0.135. The Morgan fingerprint density at radius 1 is 1.19 bits per heavy atom. The van der Waals surface area contributed by atoms with E-state index in [4.69, 9.17) is 17.0 Å². The van der Waals surface area contributed by atoms with Crippen molar-refractivity contribution in [2.45, 2.75) is 64.8 Å². The summed E-state index contributed by atoms with van der Waals surface area (Å²) in [7, 11) is 4.76. The maximum Gasteiger partial charge on any atom is 0.341 e. The molecule has 176 valence electrons. The average molecular weight is 478 g/mol. The number of ether oxygens (including phenoxy) is 1. The van der Waals surface area contributed by atoms with Crippen molar-refractivity contribution in [1.82, 2.24) is 10.2 Å². The summed E-state index contributed by atoms with van der Waals surface area (Å²) in [6, 6.07) is 0.321. The Morgan fingerprint density at radius 2 is 1.75 bits per heavy atom. The van der Waals surface area contributed by atoms with E-state index >= 15 is 0 Å². The van der Waals surface area contributed by atoms with Crippen molar-refractivity contribution in [3.8, 4) is 0 Å². The first-order chi connectivity index (χ1) is 15.2. The highest BCUT2D eigenvalue weighted by atomic mass is 32.1. The summed E-state index contributed by atoms with van der Waals surface area (Å²) in [5.41, 5.74) is 1.34. The van der Waals surface area contributed by atoms with Gasteiger partial charge in [0, 0.05) is 20.1 Å². The van der Waals surface area contributed by atoms with E-state index in [9.17, 15) is 9.59 Å². The number of rotatable bonds is 6. The van der Waals surface area contributed by atoms with Crippen molar-refractivity contribution in [2.24, 2.45) is 23.2 Å². The van der Waals surface area contributed by atoms with Crippen LogP contribution in [0.1, 0.15) is 77.5 Å². The lowest BCUT2D eigenvalue weighted by Gasteiger charge is -2.59. The molecule has 1 heterocycles. The summed E-state index contributed by atoms with van der Waals surface area (Å²) < 4.78 is 5.00.